The Morgan fingerprint density at radius 3 is 2.19 bits per heavy atom. The van der Waals surface area contributed by atoms with Crippen molar-refractivity contribution in [3.63, 3.8) is 0 Å². The molecule has 0 saturated carbocycles. The molecular formula is C24H30O2. The summed E-state index contributed by atoms with van der Waals surface area (Å²) in [5.74, 6) is 2.63. The molecule has 0 radical (unpaired) electrons. The lowest BCUT2D eigenvalue weighted by molar-refractivity contribution is 0.284. The van der Waals surface area contributed by atoms with Crippen molar-refractivity contribution in [2.24, 2.45) is 5.92 Å². The summed E-state index contributed by atoms with van der Waals surface area (Å²) in [6.45, 7) is 7.49. The van der Waals surface area contributed by atoms with E-state index in [0.29, 0.717) is 5.92 Å². The van der Waals surface area contributed by atoms with Crippen molar-refractivity contribution in [2.75, 3.05) is 13.7 Å². The SMILES string of the molecule is CCCC(C)CCOc1c2ccccc2c(OC)c2cc(CC)ccc12. The average molecular weight is 351 g/mol. The summed E-state index contributed by atoms with van der Waals surface area (Å²) in [5.41, 5.74) is 1.31. The molecule has 0 amide bonds. The number of hydrogen-bond acceptors (Lipinski definition) is 2. The van der Waals surface area contributed by atoms with Crippen molar-refractivity contribution in [3.05, 3.63) is 48.0 Å². The number of hydrogen-bond donors (Lipinski definition) is 0. The number of fused-ring (bicyclic) bond motifs is 2. The molecule has 2 nitrogen and oxygen atoms in total. The first-order chi connectivity index (χ1) is 12.7. The summed E-state index contributed by atoms with van der Waals surface area (Å²) in [5, 5.41) is 4.53. The second-order valence-electron chi connectivity index (χ2n) is 7.17. The van der Waals surface area contributed by atoms with Crippen molar-refractivity contribution in [2.45, 2.75) is 46.5 Å². The van der Waals surface area contributed by atoms with Crippen molar-refractivity contribution in [3.8, 4) is 11.5 Å². The summed E-state index contributed by atoms with van der Waals surface area (Å²) < 4.78 is 12.2. The Bertz CT molecular complexity index is 882. The Kier molecular flexibility index (Phi) is 6.03. The fourth-order valence-electron chi connectivity index (χ4n) is 3.74. The standard InChI is InChI=1S/C24H30O2/c1-5-9-17(3)14-15-26-24-20-11-8-7-10-19(20)23(25-4)22-16-18(6-2)12-13-21(22)24/h7-8,10-13,16-17H,5-6,9,14-15H2,1-4H3. The van der Waals surface area contributed by atoms with Crippen molar-refractivity contribution < 1.29 is 9.47 Å². The maximum absolute atomic E-state index is 6.37. The van der Waals surface area contributed by atoms with Gasteiger partial charge in [-0.2, -0.15) is 0 Å². The molecule has 3 aromatic rings. The van der Waals surface area contributed by atoms with Gasteiger partial charge in [-0.15, -0.1) is 0 Å². The zero-order valence-corrected chi connectivity index (χ0v) is 16.5. The second kappa shape index (κ2) is 8.44. The number of benzene rings is 3. The lowest BCUT2D eigenvalue weighted by atomic mass is 9.98. The minimum absolute atomic E-state index is 0.697. The predicted octanol–water partition coefficient (Wildman–Crippen LogP) is 6.77. The molecule has 0 aliphatic heterocycles. The zero-order valence-electron chi connectivity index (χ0n) is 16.5. The highest BCUT2D eigenvalue weighted by atomic mass is 16.5. The summed E-state index contributed by atoms with van der Waals surface area (Å²) in [6.07, 6.45) is 4.59. The smallest absolute Gasteiger partial charge is 0.135 e. The third-order valence-electron chi connectivity index (χ3n) is 5.24. The average Bonchev–Trinajstić information content (AvgIpc) is 2.67. The monoisotopic (exact) mass is 350 g/mol. The van der Waals surface area contributed by atoms with Crippen LogP contribution in [-0.2, 0) is 6.42 Å². The molecule has 3 rings (SSSR count). The van der Waals surface area contributed by atoms with E-state index in [9.17, 15) is 0 Å². The van der Waals surface area contributed by atoms with Crippen LogP contribution in [0.15, 0.2) is 42.5 Å². The van der Waals surface area contributed by atoms with E-state index in [1.54, 1.807) is 7.11 Å². The van der Waals surface area contributed by atoms with E-state index in [4.69, 9.17) is 9.47 Å². The Morgan fingerprint density at radius 1 is 0.846 bits per heavy atom. The van der Waals surface area contributed by atoms with Gasteiger partial charge in [-0.25, -0.2) is 0 Å². The third kappa shape index (κ3) is 3.65. The molecule has 0 heterocycles. The maximum atomic E-state index is 6.37. The van der Waals surface area contributed by atoms with Crippen LogP contribution in [-0.4, -0.2) is 13.7 Å². The molecule has 26 heavy (non-hydrogen) atoms. The van der Waals surface area contributed by atoms with Crippen LogP contribution in [0.1, 0.15) is 45.6 Å². The molecule has 1 atom stereocenters. The number of ether oxygens (including phenoxy) is 2. The lowest BCUT2D eigenvalue weighted by Gasteiger charge is -2.18. The molecule has 138 valence electrons. The third-order valence-corrected chi connectivity index (χ3v) is 5.24. The van der Waals surface area contributed by atoms with Gasteiger partial charge >= 0.3 is 0 Å². The topological polar surface area (TPSA) is 18.5 Å². The maximum Gasteiger partial charge on any atom is 0.135 e. The van der Waals surface area contributed by atoms with Gasteiger partial charge < -0.3 is 9.47 Å². The van der Waals surface area contributed by atoms with E-state index < -0.39 is 0 Å². The highest BCUT2D eigenvalue weighted by Gasteiger charge is 2.16. The normalized spacial score (nSPS) is 12.5. The van der Waals surface area contributed by atoms with Gasteiger partial charge in [0.15, 0.2) is 0 Å². The van der Waals surface area contributed by atoms with E-state index in [-0.39, 0.29) is 0 Å². The highest BCUT2D eigenvalue weighted by Crippen LogP contribution is 2.43. The van der Waals surface area contributed by atoms with Crippen LogP contribution in [0, 0.1) is 5.92 Å². The summed E-state index contributed by atoms with van der Waals surface area (Å²) in [7, 11) is 1.76. The molecule has 0 aliphatic carbocycles. The molecule has 1 unspecified atom stereocenters. The van der Waals surface area contributed by atoms with E-state index >= 15 is 0 Å². The molecule has 0 saturated heterocycles. The molecule has 0 bridgehead atoms. The van der Waals surface area contributed by atoms with Gasteiger partial charge in [-0.3, -0.25) is 0 Å². The van der Waals surface area contributed by atoms with Crippen molar-refractivity contribution in [1.29, 1.82) is 0 Å². The highest BCUT2D eigenvalue weighted by molar-refractivity contribution is 6.11. The van der Waals surface area contributed by atoms with Crippen LogP contribution >= 0.6 is 0 Å². The van der Waals surface area contributed by atoms with Crippen LogP contribution in [0.2, 0.25) is 0 Å². The molecular weight excluding hydrogens is 320 g/mol. The molecule has 0 aromatic heterocycles. The van der Waals surface area contributed by atoms with Gasteiger partial charge in [0, 0.05) is 21.5 Å². The van der Waals surface area contributed by atoms with Gasteiger partial charge in [0.25, 0.3) is 0 Å². The molecule has 0 fully saturated rings. The molecule has 2 heteroatoms. The Balaban J connectivity index is 2.09. The van der Waals surface area contributed by atoms with E-state index in [0.717, 1.165) is 52.5 Å². The minimum Gasteiger partial charge on any atom is -0.495 e. The second-order valence-corrected chi connectivity index (χ2v) is 7.17. The van der Waals surface area contributed by atoms with Gasteiger partial charge in [-0.1, -0.05) is 70.0 Å². The van der Waals surface area contributed by atoms with Crippen LogP contribution in [0.25, 0.3) is 21.5 Å². The molecule has 0 N–H and O–H groups in total. The number of methoxy groups -OCH3 is 1. The Morgan fingerprint density at radius 2 is 1.54 bits per heavy atom. The molecule has 0 spiro atoms. The van der Waals surface area contributed by atoms with Gasteiger partial charge in [-0.05, 0) is 30.4 Å². The van der Waals surface area contributed by atoms with Crippen molar-refractivity contribution in [1.82, 2.24) is 0 Å². The van der Waals surface area contributed by atoms with E-state index in [2.05, 4.69) is 63.2 Å². The Hall–Kier alpha value is -2.22. The zero-order chi connectivity index (χ0) is 18.5. The fourth-order valence-corrected chi connectivity index (χ4v) is 3.74. The van der Waals surface area contributed by atoms with Gasteiger partial charge in [0.2, 0.25) is 0 Å². The van der Waals surface area contributed by atoms with Crippen LogP contribution in [0.3, 0.4) is 0 Å². The number of rotatable bonds is 8. The lowest BCUT2D eigenvalue weighted by Crippen LogP contribution is -2.05. The van der Waals surface area contributed by atoms with Crippen LogP contribution in [0.5, 0.6) is 11.5 Å². The summed E-state index contributed by atoms with van der Waals surface area (Å²) >= 11 is 0. The van der Waals surface area contributed by atoms with E-state index in [1.165, 1.54) is 18.4 Å². The number of aryl methyl sites for hydroxylation is 1. The molecule has 0 aliphatic rings. The predicted molar refractivity (Wildman–Crippen MR) is 112 cm³/mol. The van der Waals surface area contributed by atoms with E-state index in [1.807, 2.05) is 0 Å². The first-order valence-corrected chi connectivity index (χ1v) is 9.83. The first-order valence-electron chi connectivity index (χ1n) is 9.83. The summed E-state index contributed by atoms with van der Waals surface area (Å²) in [6, 6.07) is 15.0. The van der Waals surface area contributed by atoms with Crippen LogP contribution < -0.4 is 9.47 Å². The Labute approximate surface area is 157 Å². The van der Waals surface area contributed by atoms with Crippen molar-refractivity contribution >= 4 is 21.5 Å². The summed E-state index contributed by atoms with van der Waals surface area (Å²) in [4.78, 5) is 0. The fraction of sp³-hybridized carbons (Fsp3) is 0.417. The minimum atomic E-state index is 0.697. The quantitative estimate of drug-likeness (QED) is 0.417. The molecule has 3 aromatic carbocycles. The van der Waals surface area contributed by atoms with Gasteiger partial charge in [0.1, 0.15) is 11.5 Å². The van der Waals surface area contributed by atoms with Crippen LogP contribution in [0.4, 0.5) is 0 Å². The van der Waals surface area contributed by atoms with Gasteiger partial charge in [0.05, 0.1) is 13.7 Å². The first kappa shape index (κ1) is 18.6. The largest absolute Gasteiger partial charge is 0.495 e.